The van der Waals surface area contributed by atoms with Crippen LogP contribution in [-0.4, -0.2) is 156 Å². The molecule has 13 nitrogen and oxygen atoms in total. The molecule has 0 bridgehead atoms. The van der Waals surface area contributed by atoms with Crippen molar-refractivity contribution in [2.24, 2.45) is 0 Å². The highest BCUT2D eigenvalue weighted by Gasteiger charge is 2.19. The molecular weight excluding hydrogens is 422 g/mol. The SMILES string of the molecule is CN(O)C(=O)CN1CCCN(CC(=O)N(C)O)CCN(CC(=O)N(C)O)CCCNCC1. The van der Waals surface area contributed by atoms with Gasteiger partial charge >= 0.3 is 0 Å². The molecule has 1 fully saturated rings. The Balaban J connectivity index is 2.82. The van der Waals surface area contributed by atoms with Crippen LogP contribution in [0.5, 0.6) is 0 Å². The van der Waals surface area contributed by atoms with Crippen LogP contribution in [0.1, 0.15) is 12.8 Å². The molecule has 0 radical (unpaired) electrons. The number of amides is 3. The van der Waals surface area contributed by atoms with Gasteiger partial charge in [0.05, 0.1) is 19.6 Å². The van der Waals surface area contributed by atoms with Crippen LogP contribution in [0, 0.1) is 0 Å². The lowest BCUT2D eigenvalue weighted by Crippen LogP contribution is -2.46. The van der Waals surface area contributed by atoms with E-state index in [1.807, 2.05) is 14.7 Å². The molecule has 0 aromatic rings. The monoisotopic (exact) mass is 461 g/mol. The maximum absolute atomic E-state index is 12.0. The summed E-state index contributed by atoms with van der Waals surface area (Å²) in [4.78, 5) is 41.7. The van der Waals surface area contributed by atoms with Crippen LogP contribution in [0.3, 0.4) is 0 Å². The van der Waals surface area contributed by atoms with Gasteiger partial charge < -0.3 is 5.32 Å². The van der Waals surface area contributed by atoms with Crippen molar-refractivity contribution in [2.75, 3.05) is 93.1 Å². The fourth-order valence-electron chi connectivity index (χ4n) is 3.28. The molecule has 0 aliphatic carbocycles. The van der Waals surface area contributed by atoms with Gasteiger partial charge in [0, 0.05) is 47.3 Å². The van der Waals surface area contributed by atoms with Crippen molar-refractivity contribution in [3.05, 3.63) is 0 Å². The number of hydroxylamine groups is 6. The van der Waals surface area contributed by atoms with Gasteiger partial charge in [0.15, 0.2) is 0 Å². The van der Waals surface area contributed by atoms with E-state index in [2.05, 4.69) is 5.32 Å². The second-order valence-electron chi connectivity index (χ2n) is 8.04. The highest BCUT2D eigenvalue weighted by Crippen LogP contribution is 2.02. The van der Waals surface area contributed by atoms with Gasteiger partial charge in [-0.2, -0.15) is 0 Å². The summed E-state index contributed by atoms with van der Waals surface area (Å²) in [6.45, 7) is 4.98. The molecule has 186 valence electrons. The Labute approximate surface area is 189 Å². The first-order chi connectivity index (χ1) is 15.1. The zero-order valence-corrected chi connectivity index (χ0v) is 19.4. The van der Waals surface area contributed by atoms with E-state index in [4.69, 9.17) is 0 Å². The number of carbonyl (C=O) groups excluding carboxylic acids is 3. The lowest BCUT2D eigenvalue weighted by atomic mass is 10.3. The molecule has 1 aliphatic rings. The number of nitrogens with zero attached hydrogens (tertiary/aromatic N) is 6. The van der Waals surface area contributed by atoms with Crippen molar-refractivity contribution in [3.63, 3.8) is 0 Å². The molecule has 4 N–H and O–H groups in total. The number of carbonyl (C=O) groups is 3. The fourth-order valence-corrected chi connectivity index (χ4v) is 3.28. The van der Waals surface area contributed by atoms with Crippen LogP contribution in [-0.2, 0) is 14.4 Å². The highest BCUT2D eigenvalue weighted by molar-refractivity contribution is 5.77. The van der Waals surface area contributed by atoms with Crippen molar-refractivity contribution in [3.8, 4) is 0 Å². The Morgan fingerprint density at radius 2 is 1.00 bits per heavy atom. The van der Waals surface area contributed by atoms with Crippen molar-refractivity contribution in [1.29, 1.82) is 0 Å². The second-order valence-corrected chi connectivity index (χ2v) is 8.04. The van der Waals surface area contributed by atoms with E-state index >= 15 is 0 Å². The summed E-state index contributed by atoms with van der Waals surface area (Å²) in [5.74, 6) is -1.25. The summed E-state index contributed by atoms with van der Waals surface area (Å²) in [7, 11) is 3.87. The molecule has 1 saturated heterocycles. The van der Waals surface area contributed by atoms with Crippen molar-refractivity contribution < 1.29 is 30.0 Å². The molecular formula is C19H39N7O6. The average molecular weight is 462 g/mol. The van der Waals surface area contributed by atoms with Crippen LogP contribution in [0.4, 0.5) is 0 Å². The second kappa shape index (κ2) is 15.1. The molecule has 0 aromatic heterocycles. The third kappa shape index (κ3) is 11.7. The minimum absolute atomic E-state index is 0.0224. The summed E-state index contributed by atoms with van der Waals surface area (Å²) in [6, 6.07) is 0. The van der Waals surface area contributed by atoms with Gasteiger partial charge in [-0.3, -0.25) is 44.7 Å². The Kier molecular flexibility index (Phi) is 13.2. The molecule has 3 amide bonds. The zero-order valence-electron chi connectivity index (χ0n) is 19.4. The number of nitrogens with one attached hydrogen (secondary N) is 1. The number of rotatable bonds is 6. The van der Waals surface area contributed by atoms with Gasteiger partial charge in [-0.1, -0.05) is 0 Å². The first-order valence-corrected chi connectivity index (χ1v) is 10.8. The molecule has 0 unspecified atom stereocenters. The van der Waals surface area contributed by atoms with Crippen LogP contribution < -0.4 is 5.32 Å². The molecule has 1 rings (SSSR count). The fraction of sp³-hybridized carbons (Fsp3) is 0.842. The average Bonchev–Trinajstić information content (AvgIpc) is 2.72. The van der Waals surface area contributed by atoms with Crippen LogP contribution in [0.25, 0.3) is 0 Å². The van der Waals surface area contributed by atoms with Crippen molar-refractivity contribution in [2.45, 2.75) is 12.8 Å². The smallest absolute Gasteiger partial charge is 0.259 e. The van der Waals surface area contributed by atoms with E-state index in [-0.39, 0.29) is 19.6 Å². The standard InChI is InChI=1S/C19H39N7O6/c1-21(30)17(27)14-24-9-5-10-26(16-19(29)23(3)32)13-12-25(15-18(28)22(2)31)8-4-6-20-7-11-24/h20,30-32H,4-16H2,1-3H3. The number of hydrogen-bond donors (Lipinski definition) is 4. The maximum atomic E-state index is 12.0. The summed E-state index contributed by atoms with van der Waals surface area (Å²) >= 11 is 0. The zero-order chi connectivity index (χ0) is 24.1. The Morgan fingerprint density at radius 3 is 1.41 bits per heavy atom. The minimum atomic E-state index is -0.443. The molecule has 0 atom stereocenters. The third-order valence-electron chi connectivity index (χ3n) is 5.27. The largest absolute Gasteiger partial charge is 0.315 e. The van der Waals surface area contributed by atoms with Gasteiger partial charge in [-0.15, -0.1) is 0 Å². The molecule has 1 heterocycles. The summed E-state index contributed by atoms with van der Waals surface area (Å²) in [5, 5.41) is 33.2. The predicted molar refractivity (Wildman–Crippen MR) is 115 cm³/mol. The lowest BCUT2D eigenvalue weighted by Gasteiger charge is -2.30. The molecule has 0 saturated carbocycles. The maximum Gasteiger partial charge on any atom is 0.259 e. The summed E-state index contributed by atoms with van der Waals surface area (Å²) in [5.41, 5.74) is 0. The van der Waals surface area contributed by atoms with Gasteiger partial charge in [-0.05, 0) is 39.0 Å². The molecule has 13 heteroatoms. The first kappa shape index (κ1) is 28.2. The van der Waals surface area contributed by atoms with E-state index in [0.29, 0.717) is 67.4 Å². The lowest BCUT2D eigenvalue weighted by molar-refractivity contribution is -0.161. The van der Waals surface area contributed by atoms with Crippen LogP contribution in [0.15, 0.2) is 0 Å². The van der Waals surface area contributed by atoms with Crippen molar-refractivity contribution in [1.82, 2.24) is 35.2 Å². The number of likely N-dealkylation sites (N-methyl/N-ethyl adjacent to an activating group) is 3. The molecule has 32 heavy (non-hydrogen) atoms. The summed E-state index contributed by atoms with van der Waals surface area (Å²) in [6.07, 6.45) is 1.45. The molecule has 0 aromatic carbocycles. The normalized spacial score (nSPS) is 18.6. The molecule has 0 spiro atoms. The van der Waals surface area contributed by atoms with Gasteiger partial charge in [0.2, 0.25) is 0 Å². The van der Waals surface area contributed by atoms with Crippen LogP contribution in [0.2, 0.25) is 0 Å². The topological polar surface area (TPSA) is 143 Å². The first-order valence-electron chi connectivity index (χ1n) is 10.8. The number of hydrogen-bond acceptors (Lipinski definition) is 10. The Hall–Kier alpha value is -1.87. The van der Waals surface area contributed by atoms with E-state index < -0.39 is 17.7 Å². The third-order valence-corrected chi connectivity index (χ3v) is 5.27. The predicted octanol–water partition coefficient (Wildman–Crippen LogP) is -2.18. The summed E-state index contributed by atoms with van der Waals surface area (Å²) < 4.78 is 0. The highest BCUT2D eigenvalue weighted by atomic mass is 16.5. The van der Waals surface area contributed by atoms with E-state index in [0.717, 1.165) is 13.0 Å². The Bertz CT molecular complexity index is 591. The van der Waals surface area contributed by atoms with Crippen molar-refractivity contribution >= 4 is 17.7 Å². The van der Waals surface area contributed by atoms with Gasteiger partial charge in [-0.25, -0.2) is 15.2 Å². The minimum Gasteiger partial charge on any atom is -0.315 e. The van der Waals surface area contributed by atoms with E-state index in [9.17, 15) is 30.0 Å². The van der Waals surface area contributed by atoms with E-state index in [1.54, 1.807) is 0 Å². The quantitative estimate of drug-likeness (QED) is 0.255. The molecule has 1 aliphatic heterocycles. The Morgan fingerprint density at radius 1 is 0.625 bits per heavy atom. The van der Waals surface area contributed by atoms with E-state index in [1.165, 1.54) is 21.1 Å². The van der Waals surface area contributed by atoms with Gasteiger partial charge in [0.1, 0.15) is 0 Å². The van der Waals surface area contributed by atoms with Gasteiger partial charge in [0.25, 0.3) is 17.7 Å². The van der Waals surface area contributed by atoms with Crippen LogP contribution >= 0.6 is 0 Å².